The number of methoxy groups -OCH3 is 1. The molecule has 0 spiro atoms. The van der Waals surface area contributed by atoms with Gasteiger partial charge in [-0.2, -0.15) is 0 Å². The fourth-order valence-electron chi connectivity index (χ4n) is 15.3. The summed E-state index contributed by atoms with van der Waals surface area (Å²) < 4.78 is 89.9. The van der Waals surface area contributed by atoms with E-state index in [-0.39, 0.29) is 82.5 Å². The number of likely N-dealkylation sites (tertiary alicyclic amines) is 3. The maximum Gasteiger partial charge on any atom is 0.472 e. The Hall–Kier alpha value is -2.05. The molecule has 0 bridgehead atoms. The highest BCUT2D eigenvalue weighted by Crippen LogP contribution is 2.50. The lowest BCUT2D eigenvalue weighted by Crippen LogP contribution is -2.55. The predicted molar refractivity (Wildman–Crippen MR) is 398 cm³/mol. The van der Waals surface area contributed by atoms with E-state index in [1.807, 2.05) is 13.8 Å². The van der Waals surface area contributed by atoms with Gasteiger partial charge in [0.15, 0.2) is 18.9 Å². The number of amides is 3. The number of nitrogens with zero attached hydrogens (tertiary/aromatic N) is 3. The van der Waals surface area contributed by atoms with Gasteiger partial charge in [-0.05, 0) is 57.8 Å². The fraction of sp³-hybridized carbons (Fsp3) is 0.960. The van der Waals surface area contributed by atoms with Gasteiger partial charge in [-0.25, -0.2) is 9.13 Å². The average Bonchev–Trinajstić information content (AvgIpc) is 1.33. The number of ether oxygens (including phenoxy) is 7. The molecule has 6 rings (SSSR count). The number of unbranched alkanes of at least 4 members (excludes halogenated alkanes) is 24. The van der Waals surface area contributed by atoms with Crippen LogP contribution < -0.4 is 0 Å². The molecule has 6 fully saturated rings. The second kappa shape index (κ2) is 52.5. The first-order chi connectivity index (χ1) is 51.8. The second-order valence-corrected chi connectivity index (χ2v) is 33.3. The highest BCUT2D eigenvalue weighted by molar-refractivity contribution is 7.47. The molecule has 6 aliphatic heterocycles. The van der Waals surface area contributed by atoms with Crippen molar-refractivity contribution in [2.45, 2.75) is 357 Å². The molecule has 0 saturated carbocycles. The van der Waals surface area contributed by atoms with Crippen LogP contribution in [0, 0.1) is 17.8 Å². The maximum absolute atomic E-state index is 14.1. The molecule has 6 saturated heterocycles. The normalized spacial score (nSPS) is 32.1. The number of β-amino-alcohol motifs (C(OH)–C–C–N with tert-alkyl or cyclic N) is 1. The van der Waals surface area contributed by atoms with Gasteiger partial charge in [-0.1, -0.05) is 169 Å². The van der Waals surface area contributed by atoms with Crippen LogP contribution in [0.3, 0.4) is 0 Å². The standard InChI is InChI=1S/C73H135N3O28P2.C2H6/c1-50-65(84)68(87)59(44-77)100-71(50)95-35-29-23-17-11-5-8-14-20-26-32-62(81)74-41-56(80)38-53(74)48-98-105(90,91)104-58-40-55(76(43-58)64(83)34-28-22-16-10-7-13-19-25-31-37-97-73-52(3)67(86)70(89)61(46-79)102-73)49-99-106(92,93)103-57-39-54(47-94-4)75(42-57)63(82)33-27-21-15-9-6-12-18-24-30-36-96-72-51(2)66(85)69(88)60(45-78)101-72;1-2/h50-61,65-73,77-80,84-89H,5-49H2,1-4H3,(H,90,91)(H,92,93);1-2H3/t50?,51?,52?,53-,54-,55-,56+,57+,58+,59?,60?,61?,65+,66+,67+,68-,69-,70-,71+,72+,73+;/m0./s1. The molecule has 23 atom stereocenters. The summed E-state index contributed by atoms with van der Waals surface area (Å²) in [6.07, 6.45) is 11.1. The fourth-order valence-corrected chi connectivity index (χ4v) is 17.2. The molecule has 12 N–H and O–H groups in total. The van der Waals surface area contributed by atoms with Crippen LogP contribution in [-0.2, 0) is 74.8 Å². The van der Waals surface area contributed by atoms with E-state index < -0.39 is 177 Å². The summed E-state index contributed by atoms with van der Waals surface area (Å²) in [5.41, 5.74) is 0. The van der Waals surface area contributed by atoms with Crippen LogP contribution in [0.15, 0.2) is 0 Å². The largest absolute Gasteiger partial charge is 0.472 e. The summed E-state index contributed by atoms with van der Waals surface area (Å²) in [4.78, 5) is 68.1. The minimum atomic E-state index is -4.87. The zero-order valence-corrected chi connectivity index (χ0v) is 67.4. The zero-order chi connectivity index (χ0) is 79.2. The highest BCUT2D eigenvalue weighted by Gasteiger charge is 2.47. The Morgan fingerprint density at radius 2 is 0.639 bits per heavy atom. The van der Waals surface area contributed by atoms with Crippen molar-refractivity contribution in [2.75, 3.05) is 86.2 Å². The van der Waals surface area contributed by atoms with E-state index in [1.165, 1.54) is 16.9 Å². The van der Waals surface area contributed by atoms with Gasteiger partial charge in [-0.15, -0.1) is 0 Å². The van der Waals surface area contributed by atoms with Gasteiger partial charge in [0.2, 0.25) is 17.7 Å². The lowest BCUT2D eigenvalue weighted by atomic mass is 9.92. The Balaban J connectivity index is 0.0000104. The molecule has 0 aromatic carbocycles. The summed E-state index contributed by atoms with van der Waals surface area (Å²) in [5, 5.41) is 100. The van der Waals surface area contributed by atoms with Crippen molar-refractivity contribution in [3.8, 4) is 0 Å². The van der Waals surface area contributed by atoms with Crippen molar-refractivity contribution < 1.29 is 136 Å². The van der Waals surface area contributed by atoms with E-state index in [1.54, 1.807) is 25.7 Å². The van der Waals surface area contributed by atoms with Gasteiger partial charge >= 0.3 is 15.6 Å². The molecular weight excluding hydrogens is 1450 g/mol. The van der Waals surface area contributed by atoms with Crippen LogP contribution >= 0.6 is 15.6 Å². The van der Waals surface area contributed by atoms with Crippen molar-refractivity contribution in [3.05, 3.63) is 0 Å². The van der Waals surface area contributed by atoms with E-state index in [0.717, 1.165) is 154 Å². The number of aliphatic hydroxyl groups excluding tert-OH is 10. The quantitative estimate of drug-likeness (QED) is 0.0220. The first kappa shape index (κ1) is 96.5. The van der Waals surface area contributed by atoms with Gasteiger partial charge in [0.1, 0.15) is 36.6 Å². The molecule has 634 valence electrons. The van der Waals surface area contributed by atoms with Crippen LogP contribution in [-0.4, -0.2) is 290 Å². The SMILES string of the molecule is CC.COC[C@@H]1C[C@@H](OP(=O)(O)OC[C@@H]2C[C@@H](OP(=O)(O)OC[C@@H]3C[C@@H](O)CN3C(=O)CCCCCCCCCCCO[C@@H]3OC(CO)[C@H](O)[C@H](O)C3C)CN2C(=O)CCCCCCCCCCCO[C@@H]2OC(CO)[C@H](O)[C@H](O)C2C)CN1C(=O)CCCCCCCCCCCO[C@@H]1OC(CO)[C@H](O)[C@H](O)C1C. The summed E-state index contributed by atoms with van der Waals surface area (Å²) in [7, 11) is -8.20. The summed E-state index contributed by atoms with van der Waals surface area (Å²) in [5.74, 6) is -1.95. The lowest BCUT2D eigenvalue weighted by Gasteiger charge is -2.40. The number of aliphatic hydroxyl groups is 10. The van der Waals surface area contributed by atoms with Crippen molar-refractivity contribution in [1.82, 2.24) is 14.7 Å². The molecule has 31 nitrogen and oxygen atoms in total. The molecule has 8 unspecified atom stereocenters. The molecule has 0 aromatic heterocycles. The molecule has 0 aliphatic carbocycles. The number of carbonyl (C=O) groups is 3. The van der Waals surface area contributed by atoms with Crippen LogP contribution in [0.2, 0.25) is 0 Å². The van der Waals surface area contributed by atoms with E-state index in [4.69, 9.17) is 51.3 Å². The minimum absolute atomic E-state index is 0.0324. The molecule has 6 aliphatic rings. The number of rotatable bonds is 54. The van der Waals surface area contributed by atoms with Crippen LogP contribution in [0.4, 0.5) is 0 Å². The first-order valence-electron chi connectivity index (χ1n) is 40.9. The average molecular weight is 1590 g/mol. The molecule has 108 heavy (non-hydrogen) atoms. The maximum atomic E-state index is 14.1. The summed E-state index contributed by atoms with van der Waals surface area (Å²) in [6.45, 7) is 8.46. The van der Waals surface area contributed by atoms with Crippen LogP contribution in [0.1, 0.15) is 247 Å². The Bertz CT molecular complexity index is 2540. The van der Waals surface area contributed by atoms with E-state index in [9.17, 15) is 84.4 Å². The Morgan fingerprint density at radius 3 is 0.926 bits per heavy atom. The van der Waals surface area contributed by atoms with Gasteiger partial charge in [0.25, 0.3) is 0 Å². The number of carbonyl (C=O) groups excluding carboxylic acids is 3. The molecular formula is C75H141N3O28P2. The van der Waals surface area contributed by atoms with E-state index in [2.05, 4.69) is 0 Å². The molecule has 0 aromatic rings. The monoisotopic (exact) mass is 1590 g/mol. The summed E-state index contributed by atoms with van der Waals surface area (Å²) in [6, 6.07) is -1.99. The van der Waals surface area contributed by atoms with Crippen molar-refractivity contribution in [3.63, 3.8) is 0 Å². The van der Waals surface area contributed by atoms with Crippen molar-refractivity contribution in [2.24, 2.45) is 17.8 Å². The van der Waals surface area contributed by atoms with Gasteiger partial charge in [-0.3, -0.25) is 32.5 Å². The minimum Gasteiger partial charge on any atom is -0.394 e. The third kappa shape index (κ3) is 33.3. The Labute approximate surface area is 641 Å². The smallest absolute Gasteiger partial charge is 0.394 e. The van der Waals surface area contributed by atoms with Crippen molar-refractivity contribution >= 4 is 33.4 Å². The van der Waals surface area contributed by atoms with Gasteiger partial charge < -0.3 is 109 Å². The molecule has 33 heteroatoms. The Kier molecular flexibility index (Phi) is 46.9. The molecule has 6 heterocycles. The Morgan fingerprint density at radius 1 is 0.380 bits per heavy atom. The van der Waals surface area contributed by atoms with Gasteiger partial charge in [0, 0.05) is 83.6 Å². The van der Waals surface area contributed by atoms with Crippen LogP contribution in [0.25, 0.3) is 0 Å². The zero-order valence-electron chi connectivity index (χ0n) is 65.6. The molecule has 0 radical (unpaired) electrons. The second-order valence-electron chi connectivity index (χ2n) is 30.5. The lowest BCUT2D eigenvalue weighted by molar-refractivity contribution is -0.282. The van der Waals surface area contributed by atoms with Crippen LogP contribution in [0.5, 0.6) is 0 Å². The predicted octanol–water partition coefficient (Wildman–Crippen LogP) is 6.81. The topological polar surface area (TPSA) is 439 Å². The number of hydrogen-bond donors (Lipinski definition) is 12. The van der Waals surface area contributed by atoms with E-state index in [0.29, 0.717) is 39.1 Å². The third-order valence-corrected chi connectivity index (χ3v) is 24.0. The first-order valence-corrected chi connectivity index (χ1v) is 43.9. The van der Waals surface area contributed by atoms with E-state index >= 15 is 0 Å². The highest BCUT2D eigenvalue weighted by atomic mass is 31.2. The van der Waals surface area contributed by atoms with Gasteiger partial charge in [0.05, 0.1) is 94.4 Å². The number of phosphoric acid groups is 2. The number of phosphoric ester groups is 2. The molecule has 3 amide bonds. The third-order valence-electron chi connectivity index (χ3n) is 21.9. The van der Waals surface area contributed by atoms with Crippen molar-refractivity contribution in [1.29, 1.82) is 0 Å². The summed E-state index contributed by atoms with van der Waals surface area (Å²) >= 11 is 0. The number of hydrogen-bond acceptors (Lipinski definition) is 26.